The lowest BCUT2D eigenvalue weighted by atomic mass is 9.97. The number of hydrogen-bond acceptors (Lipinski definition) is 17. The third-order valence-corrected chi connectivity index (χ3v) is 15.9. The Morgan fingerprint density at radius 1 is 0.539 bits per heavy atom. The highest BCUT2D eigenvalue weighted by Gasteiger charge is 2.25. The zero-order valence-corrected chi connectivity index (χ0v) is 64.5. The van der Waals surface area contributed by atoms with Crippen LogP contribution < -0.4 is 42.5 Å². The normalized spacial score (nSPS) is 14.8. The number of pyridine rings is 1. The first-order valence-corrected chi connectivity index (χ1v) is 35.8. The molecule has 572 valence electrons. The van der Waals surface area contributed by atoms with E-state index in [9.17, 15) is 53.1 Å². The number of amides is 8. The molecule has 1 aromatic carbocycles. The topological polar surface area (TPSA) is 348 Å². The predicted molar refractivity (Wildman–Crippen MR) is 395 cm³/mol. The molecule has 27 nitrogen and oxygen atoms in total. The largest absolute Gasteiger partial charge is 0.465 e. The van der Waals surface area contributed by atoms with Gasteiger partial charge in [0.2, 0.25) is 47.3 Å². The number of aliphatic hydroxyl groups is 1. The molecule has 0 spiro atoms. The second-order valence-corrected chi connectivity index (χ2v) is 27.6. The van der Waals surface area contributed by atoms with Crippen molar-refractivity contribution in [1.82, 2.24) is 71.7 Å². The van der Waals surface area contributed by atoms with Crippen LogP contribution in [0.15, 0.2) is 73.3 Å². The number of aliphatic hydroxyl groups excluding tert-OH is 1. The van der Waals surface area contributed by atoms with Crippen LogP contribution in [-0.2, 0) is 88.1 Å². The summed E-state index contributed by atoms with van der Waals surface area (Å²) in [6.45, 7) is 37.9. The fourth-order valence-electron chi connectivity index (χ4n) is 9.05. The Morgan fingerprint density at radius 2 is 1.02 bits per heavy atom. The molecular weight excluding hydrogens is 1300 g/mol. The zero-order chi connectivity index (χ0) is 77.0. The molecule has 27 heteroatoms. The van der Waals surface area contributed by atoms with Crippen molar-refractivity contribution in [2.75, 3.05) is 79.7 Å². The van der Waals surface area contributed by atoms with Gasteiger partial charge in [-0.15, -0.1) is 0 Å². The zero-order valence-electron chi connectivity index (χ0n) is 64.5. The summed E-state index contributed by atoms with van der Waals surface area (Å²) in [6.07, 6.45) is 11.2. The van der Waals surface area contributed by atoms with E-state index in [1.165, 1.54) is 39.2 Å². The maximum absolute atomic E-state index is 11.4. The Labute approximate surface area is 606 Å². The monoisotopic (exact) mass is 1430 g/mol. The summed E-state index contributed by atoms with van der Waals surface area (Å²) in [6, 6.07) is 14.2. The van der Waals surface area contributed by atoms with Crippen molar-refractivity contribution in [3.05, 3.63) is 107 Å². The van der Waals surface area contributed by atoms with Crippen molar-refractivity contribution in [2.45, 2.75) is 162 Å². The van der Waals surface area contributed by atoms with Crippen LogP contribution in [0, 0.1) is 53.3 Å². The van der Waals surface area contributed by atoms with E-state index in [2.05, 4.69) is 74.2 Å². The molecule has 3 aliphatic heterocycles. The molecule has 7 rings (SSSR count). The van der Waals surface area contributed by atoms with Crippen LogP contribution in [0.3, 0.4) is 0 Å². The van der Waals surface area contributed by atoms with Gasteiger partial charge in [-0.3, -0.25) is 52.9 Å². The van der Waals surface area contributed by atoms with Crippen LogP contribution in [0.1, 0.15) is 173 Å². The van der Waals surface area contributed by atoms with Crippen molar-refractivity contribution < 1.29 is 62.5 Å². The van der Waals surface area contributed by atoms with E-state index >= 15 is 0 Å². The van der Waals surface area contributed by atoms with Crippen LogP contribution in [0.25, 0.3) is 0 Å². The van der Waals surface area contributed by atoms with E-state index in [0.717, 1.165) is 62.4 Å². The summed E-state index contributed by atoms with van der Waals surface area (Å²) >= 11 is 0. The Morgan fingerprint density at radius 3 is 1.44 bits per heavy atom. The molecule has 4 aromatic rings. The van der Waals surface area contributed by atoms with Gasteiger partial charge in [-0.05, 0) is 106 Å². The molecule has 0 bridgehead atoms. The number of aromatic nitrogens is 4. The Hall–Kier alpha value is -8.56. The van der Waals surface area contributed by atoms with E-state index in [1.807, 2.05) is 146 Å². The minimum absolute atomic E-state index is 0.00976. The predicted octanol–water partition coefficient (Wildman–Crippen LogP) is 6.09. The minimum atomic E-state index is -0.386. The molecule has 3 aromatic heterocycles. The summed E-state index contributed by atoms with van der Waals surface area (Å²) in [7, 11) is 7.32. The molecular formula is C75H124N14O13. The lowest BCUT2D eigenvalue weighted by Gasteiger charge is -2.29. The number of methoxy groups -OCH3 is 1. The van der Waals surface area contributed by atoms with Gasteiger partial charge < -0.3 is 66.6 Å². The lowest BCUT2D eigenvalue weighted by Crippen LogP contribution is -2.38. The maximum atomic E-state index is 11.4. The average molecular weight is 1430 g/mol. The van der Waals surface area contributed by atoms with E-state index in [1.54, 1.807) is 48.0 Å². The first-order valence-electron chi connectivity index (χ1n) is 35.8. The lowest BCUT2D eigenvalue weighted by molar-refractivity contribution is -0.126. The second kappa shape index (κ2) is 50.7. The van der Waals surface area contributed by atoms with E-state index in [4.69, 9.17) is 4.74 Å². The summed E-state index contributed by atoms with van der Waals surface area (Å²) < 4.78 is 13.1. The van der Waals surface area contributed by atoms with Crippen molar-refractivity contribution in [3.8, 4) is 0 Å². The number of nitrogens with one attached hydrogen (secondary N) is 8. The van der Waals surface area contributed by atoms with Gasteiger partial charge >= 0.3 is 11.9 Å². The molecule has 102 heavy (non-hydrogen) atoms. The number of carbonyl (C=O) groups is 10. The number of β-amino-alcohol motifs (C(OH)–C–C–N with tert-alkyl or cyclic N) is 1. The molecule has 3 aliphatic rings. The number of benzene rings is 1. The SMILES string of the molecule is CC(C)C(=O)NCC1CCN(C)CC1.CC(C)C(=O)NCC1CCNC1=O.CC(C)C(=O)NCCN1CCC(O)C1.CC(C)C(=O)NCc1ccn(C)c1.CC(C)C(=O)NCc1ccn(C)n1.CCOC(=O)c1ccc(CNC(=O)C(C)C)nc1.COC(=O)c1ccc(CNC(=O)C(C)C)cc1. The van der Waals surface area contributed by atoms with Gasteiger partial charge in [-0.2, -0.15) is 5.10 Å². The second-order valence-electron chi connectivity index (χ2n) is 27.6. The number of nitrogens with zero attached hydrogens (tertiary/aromatic N) is 6. The standard InChI is InChI=1S/C13H18N2O3.C13H17NO3.C11H22N2O.C10H20N2O2.C10H16N2O.C9H15N3O.C9H16N2O2/c1-4-18-13(17)10-5-6-11(14-7-10)8-15-12(16)9(2)3;1-9(2)12(15)14-8-10-4-6-11(7-5-10)13(16)17-3;1-9(2)11(14)12-8-10-4-6-13(3)7-5-10;1-8(2)10(14)11-4-6-12-5-3-9(13)7-12;1-8(2)10(13)11-6-9-4-5-12(3)7-9;1-7(2)9(13)10-6-8-4-5-12(3)11-8;1-6(2)8(12)11-5-7-3-4-10-9(7)13/h5-7,9H,4,8H2,1-3H3,(H,15,16);4-7,9H,8H2,1-3H3,(H,14,15);9-10H,4-8H2,1-3H3,(H,12,14);8-9,13H,3-7H2,1-2H3,(H,11,14);4-5,7-8H,6H2,1-3H3,(H,11,13);4-5,7H,6H2,1-3H3,(H,10,13);6-7H,3-5H2,1-2H3,(H,10,13)(H,11,12). The van der Waals surface area contributed by atoms with E-state index in [-0.39, 0.29) is 113 Å². The Balaban J connectivity index is 0.000000597. The molecule has 8 amide bonds. The van der Waals surface area contributed by atoms with Crippen molar-refractivity contribution >= 4 is 59.2 Å². The number of hydrogen-bond donors (Lipinski definition) is 9. The number of esters is 2. The Bertz CT molecular complexity index is 3060. The summed E-state index contributed by atoms with van der Waals surface area (Å²) in [5.41, 5.74) is 4.60. The Kier molecular flexibility index (Phi) is 45.5. The summed E-state index contributed by atoms with van der Waals surface area (Å²) in [4.78, 5) is 121. The van der Waals surface area contributed by atoms with Crippen molar-refractivity contribution in [1.29, 1.82) is 0 Å². The fourth-order valence-corrected chi connectivity index (χ4v) is 9.05. The molecule has 3 fully saturated rings. The van der Waals surface area contributed by atoms with Crippen molar-refractivity contribution in [3.63, 3.8) is 0 Å². The number of carbonyl (C=O) groups excluding carboxylic acids is 10. The average Bonchev–Trinajstić information content (AvgIpc) is 1.63. The van der Waals surface area contributed by atoms with Gasteiger partial charge in [-0.25, -0.2) is 9.59 Å². The highest BCUT2D eigenvalue weighted by molar-refractivity contribution is 5.90. The quantitative estimate of drug-likeness (QED) is 0.0339. The smallest absolute Gasteiger partial charge is 0.339 e. The van der Waals surface area contributed by atoms with Crippen LogP contribution in [0.5, 0.6) is 0 Å². The van der Waals surface area contributed by atoms with E-state index in [0.29, 0.717) is 68.6 Å². The highest BCUT2D eigenvalue weighted by Crippen LogP contribution is 2.15. The fraction of sp³-hybridized carbons (Fsp3) is 0.627. The van der Waals surface area contributed by atoms with Crippen LogP contribution in [0.2, 0.25) is 0 Å². The van der Waals surface area contributed by atoms with Gasteiger partial charge in [0.15, 0.2) is 0 Å². The number of piperidine rings is 1. The third kappa shape index (κ3) is 40.8. The maximum Gasteiger partial charge on any atom is 0.339 e. The molecule has 9 N–H and O–H groups in total. The molecule has 0 radical (unpaired) electrons. The first-order chi connectivity index (χ1) is 48.1. The molecule has 2 unspecified atom stereocenters. The molecule has 3 saturated heterocycles. The molecule has 6 heterocycles. The number of ether oxygens (including phenoxy) is 2. The third-order valence-electron chi connectivity index (χ3n) is 15.9. The highest BCUT2D eigenvalue weighted by atomic mass is 16.5. The minimum Gasteiger partial charge on any atom is -0.465 e. The first kappa shape index (κ1) is 91.5. The number of likely N-dealkylation sites (tertiary alicyclic amines) is 2. The van der Waals surface area contributed by atoms with Gasteiger partial charge in [-0.1, -0.05) is 109 Å². The molecule has 0 aliphatic carbocycles. The van der Waals surface area contributed by atoms with Crippen LogP contribution >= 0.6 is 0 Å². The van der Waals surface area contributed by atoms with E-state index < -0.39 is 0 Å². The van der Waals surface area contributed by atoms with Crippen molar-refractivity contribution in [2.24, 2.45) is 67.4 Å². The van der Waals surface area contributed by atoms with Gasteiger partial charge in [0.05, 0.1) is 61.3 Å². The van der Waals surface area contributed by atoms with Crippen LogP contribution in [-0.4, -0.2) is 179 Å². The number of rotatable bonds is 25. The van der Waals surface area contributed by atoms with Gasteiger partial charge in [0.1, 0.15) is 0 Å². The van der Waals surface area contributed by atoms with Gasteiger partial charge in [0.25, 0.3) is 0 Å². The summed E-state index contributed by atoms with van der Waals surface area (Å²) in [5, 5.41) is 36.0. The molecule has 2 atom stereocenters. The summed E-state index contributed by atoms with van der Waals surface area (Å²) in [5.74, 6) is 0.604. The molecule has 0 saturated carbocycles. The van der Waals surface area contributed by atoms with Crippen LogP contribution in [0.4, 0.5) is 0 Å². The number of aryl methyl sites for hydroxylation is 2. The van der Waals surface area contributed by atoms with Gasteiger partial charge in [0, 0.05) is 139 Å².